The third-order valence-electron chi connectivity index (χ3n) is 2.55. The summed E-state index contributed by atoms with van der Waals surface area (Å²) in [4.78, 5) is 0. The molecule has 0 saturated carbocycles. The van der Waals surface area contributed by atoms with Gasteiger partial charge >= 0.3 is 0 Å². The normalized spacial score (nSPS) is 10.1. The molecule has 2 heteroatoms. The molecule has 82 valence electrons. The van der Waals surface area contributed by atoms with Crippen LogP contribution in [0.25, 0.3) is 11.1 Å². The number of aromatic hydroxyl groups is 1. The zero-order valence-electron chi connectivity index (χ0n) is 9.40. The summed E-state index contributed by atoms with van der Waals surface area (Å²) in [7, 11) is 1.64. The van der Waals surface area contributed by atoms with Crippen LogP contribution in [0.4, 0.5) is 0 Å². The van der Waals surface area contributed by atoms with E-state index in [-0.39, 0.29) is 0 Å². The van der Waals surface area contributed by atoms with Gasteiger partial charge < -0.3 is 9.84 Å². The van der Waals surface area contributed by atoms with Gasteiger partial charge in [0.15, 0.2) is 0 Å². The highest BCUT2D eigenvalue weighted by Gasteiger charge is 2.04. The highest BCUT2D eigenvalue weighted by atomic mass is 16.5. The Kier molecular flexibility index (Phi) is 2.82. The third kappa shape index (κ3) is 2.01. The van der Waals surface area contributed by atoms with Crippen molar-refractivity contribution >= 4 is 0 Å². The Balaban J connectivity index is 2.42. The van der Waals surface area contributed by atoms with Gasteiger partial charge in [0.1, 0.15) is 11.5 Å². The van der Waals surface area contributed by atoms with Gasteiger partial charge in [0, 0.05) is 5.56 Å². The van der Waals surface area contributed by atoms with Crippen LogP contribution in [0.5, 0.6) is 11.5 Å². The Morgan fingerprint density at radius 1 is 1.00 bits per heavy atom. The number of hydrogen-bond acceptors (Lipinski definition) is 2. The molecule has 0 spiro atoms. The Labute approximate surface area is 95.1 Å². The average molecular weight is 214 g/mol. The average Bonchev–Trinajstić information content (AvgIpc) is 2.29. The predicted molar refractivity (Wildman–Crippen MR) is 64.8 cm³/mol. The lowest BCUT2D eigenvalue weighted by atomic mass is 10.0. The first kappa shape index (κ1) is 10.6. The van der Waals surface area contributed by atoms with Crippen molar-refractivity contribution in [3.63, 3.8) is 0 Å². The molecule has 0 unspecified atom stereocenters. The fourth-order valence-corrected chi connectivity index (χ4v) is 1.66. The topological polar surface area (TPSA) is 29.5 Å². The second kappa shape index (κ2) is 4.27. The highest BCUT2D eigenvalue weighted by Crippen LogP contribution is 2.30. The minimum absolute atomic E-state index is 0.310. The van der Waals surface area contributed by atoms with Gasteiger partial charge in [-0.15, -0.1) is 0 Å². The monoisotopic (exact) mass is 214 g/mol. The molecule has 2 aromatic carbocycles. The Hall–Kier alpha value is -1.96. The van der Waals surface area contributed by atoms with E-state index in [9.17, 15) is 5.11 Å². The summed E-state index contributed by atoms with van der Waals surface area (Å²) in [5, 5.41) is 9.84. The van der Waals surface area contributed by atoms with E-state index >= 15 is 0 Å². The minimum Gasteiger partial charge on any atom is -0.507 e. The van der Waals surface area contributed by atoms with E-state index in [1.165, 1.54) is 0 Å². The van der Waals surface area contributed by atoms with Gasteiger partial charge in [-0.05, 0) is 36.2 Å². The van der Waals surface area contributed by atoms with Gasteiger partial charge in [0.2, 0.25) is 0 Å². The Bertz CT molecular complexity index is 487. The molecular weight excluding hydrogens is 200 g/mol. The first-order valence-corrected chi connectivity index (χ1v) is 5.15. The molecular formula is C14H14O2. The summed E-state index contributed by atoms with van der Waals surface area (Å²) in [6.45, 7) is 1.96. The molecule has 0 bridgehead atoms. The van der Waals surface area contributed by atoms with Crippen LogP contribution in [-0.2, 0) is 0 Å². The summed E-state index contributed by atoms with van der Waals surface area (Å²) >= 11 is 0. The zero-order chi connectivity index (χ0) is 11.5. The van der Waals surface area contributed by atoms with Crippen LogP contribution in [0.3, 0.4) is 0 Å². The number of hydrogen-bond donors (Lipinski definition) is 1. The van der Waals surface area contributed by atoms with Crippen molar-refractivity contribution in [3.05, 3.63) is 48.0 Å². The van der Waals surface area contributed by atoms with Crippen molar-refractivity contribution in [2.75, 3.05) is 7.11 Å². The molecule has 0 aliphatic carbocycles. The van der Waals surface area contributed by atoms with Crippen LogP contribution in [0.1, 0.15) is 5.56 Å². The summed E-state index contributed by atoms with van der Waals surface area (Å²) in [5.74, 6) is 1.13. The quantitative estimate of drug-likeness (QED) is 0.830. The van der Waals surface area contributed by atoms with Crippen molar-refractivity contribution in [2.24, 2.45) is 0 Å². The molecule has 0 fully saturated rings. The number of aryl methyl sites for hydroxylation is 1. The van der Waals surface area contributed by atoms with Gasteiger partial charge in [0.05, 0.1) is 7.11 Å². The highest BCUT2D eigenvalue weighted by molar-refractivity contribution is 5.70. The van der Waals surface area contributed by atoms with Crippen LogP contribution >= 0.6 is 0 Å². The lowest BCUT2D eigenvalue weighted by Crippen LogP contribution is -1.83. The maximum absolute atomic E-state index is 9.84. The molecule has 0 aliphatic heterocycles. The number of phenolic OH excluding ortho intramolecular Hbond substituents is 1. The number of methoxy groups -OCH3 is 1. The lowest BCUT2D eigenvalue weighted by molar-refractivity contribution is 0.415. The van der Waals surface area contributed by atoms with Crippen molar-refractivity contribution in [1.82, 2.24) is 0 Å². The molecule has 2 aromatic rings. The number of rotatable bonds is 2. The molecule has 2 rings (SSSR count). The van der Waals surface area contributed by atoms with Gasteiger partial charge in [0.25, 0.3) is 0 Å². The largest absolute Gasteiger partial charge is 0.507 e. The summed E-state index contributed by atoms with van der Waals surface area (Å²) in [5.41, 5.74) is 2.88. The maximum atomic E-state index is 9.84. The molecule has 0 amide bonds. The van der Waals surface area contributed by atoms with Crippen molar-refractivity contribution < 1.29 is 9.84 Å². The molecule has 0 heterocycles. The molecule has 2 nitrogen and oxygen atoms in total. The maximum Gasteiger partial charge on any atom is 0.123 e. The molecule has 0 aliphatic rings. The third-order valence-corrected chi connectivity index (χ3v) is 2.55. The molecule has 16 heavy (non-hydrogen) atoms. The molecule has 0 aromatic heterocycles. The number of ether oxygens (including phenoxy) is 1. The predicted octanol–water partition coefficient (Wildman–Crippen LogP) is 3.38. The summed E-state index contributed by atoms with van der Waals surface area (Å²) < 4.78 is 5.09. The molecule has 0 atom stereocenters. The molecule has 0 saturated heterocycles. The summed E-state index contributed by atoms with van der Waals surface area (Å²) in [6.07, 6.45) is 0. The van der Waals surface area contributed by atoms with Crippen molar-refractivity contribution in [3.8, 4) is 22.6 Å². The van der Waals surface area contributed by atoms with E-state index < -0.39 is 0 Å². The minimum atomic E-state index is 0.310. The van der Waals surface area contributed by atoms with E-state index in [0.29, 0.717) is 5.75 Å². The SMILES string of the molecule is COc1ccc(-c2ccc(C)cc2O)cc1. The van der Waals surface area contributed by atoms with Gasteiger partial charge in [-0.25, -0.2) is 0 Å². The van der Waals surface area contributed by atoms with Crippen LogP contribution in [0, 0.1) is 6.92 Å². The summed E-state index contributed by atoms with van der Waals surface area (Å²) in [6, 6.07) is 13.3. The second-order valence-corrected chi connectivity index (χ2v) is 3.75. The Morgan fingerprint density at radius 3 is 2.25 bits per heavy atom. The smallest absolute Gasteiger partial charge is 0.123 e. The molecule has 0 radical (unpaired) electrons. The first-order chi connectivity index (χ1) is 7.70. The van der Waals surface area contributed by atoms with Crippen LogP contribution in [0.2, 0.25) is 0 Å². The fourth-order valence-electron chi connectivity index (χ4n) is 1.66. The lowest BCUT2D eigenvalue weighted by Gasteiger charge is -2.06. The van der Waals surface area contributed by atoms with E-state index in [1.807, 2.05) is 43.3 Å². The first-order valence-electron chi connectivity index (χ1n) is 5.15. The Morgan fingerprint density at radius 2 is 1.69 bits per heavy atom. The van der Waals surface area contributed by atoms with Crippen LogP contribution in [0.15, 0.2) is 42.5 Å². The van der Waals surface area contributed by atoms with E-state index in [2.05, 4.69) is 0 Å². The van der Waals surface area contributed by atoms with E-state index in [1.54, 1.807) is 13.2 Å². The van der Waals surface area contributed by atoms with Gasteiger partial charge in [-0.1, -0.05) is 24.3 Å². The number of benzene rings is 2. The zero-order valence-corrected chi connectivity index (χ0v) is 9.40. The fraction of sp³-hybridized carbons (Fsp3) is 0.143. The van der Waals surface area contributed by atoms with Gasteiger partial charge in [-0.3, -0.25) is 0 Å². The van der Waals surface area contributed by atoms with Crippen LogP contribution in [-0.4, -0.2) is 12.2 Å². The number of phenols is 1. The van der Waals surface area contributed by atoms with E-state index in [0.717, 1.165) is 22.4 Å². The van der Waals surface area contributed by atoms with Crippen LogP contribution < -0.4 is 4.74 Å². The van der Waals surface area contributed by atoms with Crippen molar-refractivity contribution in [2.45, 2.75) is 6.92 Å². The van der Waals surface area contributed by atoms with Gasteiger partial charge in [-0.2, -0.15) is 0 Å². The van der Waals surface area contributed by atoms with Crippen molar-refractivity contribution in [1.29, 1.82) is 0 Å². The standard InChI is InChI=1S/C14H14O2/c1-10-3-8-13(14(15)9-10)11-4-6-12(16-2)7-5-11/h3-9,15H,1-2H3. The second-order valence-electron chi connectivity index (χ2n) is 3.75. The molecule has 1 N–H and O–H groups in total. The van der Waals surface area contributed by atoms with E-state index in [4.69, 9.17) is 4.74 Å².